The molecule has 3 aromatic rings. The largest absolute Gasteiger partial charge is 0.399 e. The summed E-state index contributed by atoms with van der Waals surface area (Å²) in [6, 6.07) is 17.1. The fraction of sp³-hybridized carbons (Fsp3) is 0.303. The number of nitrogens with one attached hydrogen (secondary N) is 1. The molecule has 234 valence electrons. The van der Waals surface area contributed by atoms with E-state index in [1.165, 1.54) is 23.1 Å². The van der Waals surface area contributed by atoms with E-state index in [4.69, 9.17) is 5.73 Å². The second-order valence-corrected chi connectivity index (χ2v) is 11.4. The molecule has 0 bridgehead atoms. The van der Waals surface area contributed by atoms with Gasteiger partial charge in [-0.05, 0) is 60.9 Å². The Morgan fingerprint density at radius 3 is 2.64 bits per heavy atom. The molecule has 3 atom stereocenters. The number of benzene rings is 3. The first-order chi connectivity index (χ1) is 21.5. The lowest BCUT2D eigenvalue weighted by molar-refractivity contribution is -0.385. The number of amides is 3. The molecular formula is C33H35N5O7. The van der Waals surface area contributed by atoms with Gasteiger partial charge in [0.25, 0.3) is 17.5 Å². The molecule has 12 nitrogen and oxygen atoms in total. The third-order valence-corrected chi connectivity index (χ3v) is 8.45. The van der Waals surface area contributed by atoms with E-state index in [0.717, 1.165) is 12.8 Å². The minimum absolute atomic E-state index is 0.0178. The van der Waals surface area contributed by atoms with Gasteiger partial charge in [0.1, 0.15) is 0 Å². The topological polar surface area (TPSA) is 179 Å². The predicted molar refractivity (Wildman–Crippen MR) is 168 cm³/mol. The van der Waals surface area contributed by atoms with Crippen LogP contribution in [0.25, 0.3) is 0 Å². The molecule has 2 aliphatic heterocycles. The van der Waals surface area contributed by atoms with Crippen molar-refractivity contribution < 1.29 is 29.5 Å². The number of nitrogen functional groups attached to an aromatic ring is 1. The van der Waals surface area contributed by atoms with Crippen molar-refractivity contribution in [3.05, 3.63) is 106 Å². The molecule has 2 aliphatic rings. The van der Waals surface area contributed by atoms with E-state index in [9.17, 15) is 34.7 Å². The number of likely N-dealkylation sites (tertiary alicyclic amines) is 1. The van der Waals surface area contributed by atoms with Gasteiger partial charge in [-0.3, -0.25) is 24.5 Å². The number of nitrogens with zero attached hydrogens (tertiary/aromatic N) is 3. The van der Waals surface area contributed by atoms with Gasteiger partial charge in [-0.1, -0.05) is 31.2 Å². The van der Waals surface area contributed by atoms with Gasteiger partial charge in [-0.2, -0.15) is 0 Å². The number of carbonyl (C=O) groups is 3. The Balaban J connectivity index is 1.37. The van der Waals surface area contributed by atoms with Crippen LogP contribution in [0.4, 0.5) is 22.7 Å². The summed E-state index contributed by atoms with van der Waals surface area (Å²) in [4.78, 5) is 53.5. The monoisotopic (exact) mass is 613 g/mol. The van der Waals surface area contributed by atoms with Gasteiger partial charge in [-0.25, -0.2) is 0 Å². The summed E-state index contributed by atoms with van der Waals surface area (Å²) in [6.45, 7) is 2.09. The third-order valence-electron chi connectivity index (χ3n) is 8.45. The highest BCUT2D eigenvalue weighted by atomic mass is 16.6. The zero-order valence-corrected chi connectivity index (χ0v) is 24.8. The predicted octanol–water partition coefficient (Wildman–Crippen LogP) is 3.73. The molecule has 0 saturated carbocycles. The lowest BCUT2D eigenvalue weighted by Crippen LogP contribution is -2.44. The van der Waals surface area contributed by atoms with Crippen LogP contribution in [-0.4, -0.2) is 57.0 Å². The molecule has 0 unspecified atom stereocenters. The number of aliphatic hydroxyl groups excluding tert-OH is 1. The summed E-state index contributed by atoms with van der Waals surface area (Å²) in [6.07, 6.45) is 4.72. The van der Waals surface area contributed by atoms with E-state index in [1.807, 2.05) is 0 Å². The van der Waals surface area contributed by atoms with Gasteiger partial charge in [0, 0.05) is 53.5 Å². The number of aliphatic hydroxyl groups is 2. The maximum Gasteiger partial charge on any atom is 0.269 e. The number of hydrogen-bond acceptors (Lipinski definition) is 8. The average Bonchev–Trinajstić information content (AvgIpc) is 3.59. The summed E-state index contributed by atoms with van der Waals surface area (Å²) in [5.74, 6) is -2.02. The van der Waals surface area contributed by atoms with E-state index >= 15 is 0 Å². The quantitative estimate of drug-likeness (QED) is 0.116. The van der Waals surface area contributed by atoms with Crippen LogP contribution in [0.5, 0.6) is 0 Å². The molecular weight excluding hydrogens is 578 g/mol. The molecule has 0 aliphatic carbocycles. The highest BCUT2D eigenvalue weighted by molar-refractivity contribution is 6.07. The smallest absolute Gasteiger partial charge is 0.269 e. The average molecular weight is 614 g/mol. The molecule has 12 heteroatoms. The van der Waals surface area contributed by atoms with Gasteiger partial charge >= 0.3 is 0 Å². The fourth-order valence-electron chi connectivity index (χ4n) is 5.96. The lowest BCUT2D eigenvalue weighted by atomic mass is 9.82. The van der Waals surface area contributed by atoms with Crippen molar-refractivity contribution in [2.75, 3.05) is 29.1 Å². The van der Waals surface area contributed by atoms with Crippen molar-refractivity contribution >= 4 is 40.5 Å². The van der Waals surface area contributed by atoms with Crippen LogP contribution >= 0.6 is 0 Å². The van der Waals surface area contributed by atoms with E-state index in [1.54, 1.807) is 72.5 Å². The summed E-state index contributed by atoms with van der Waals surface area (Å²) in [5.41, 5.74) is 5.80. The highest BCUT2D eigenvalue weighted by Gasteiger charge is 2.53. The molecule has 0 radical (unpaired) electrons. The van der Waals surface area contributed by atoms with E-state index in [2.05, 4.69) is 5.32 Å². The van der Waals surface area contributed by atoms with Crippen LogP contribution in [-0.2, 0) is 21.7 Å². The number of carbonyl (C=O) groups excluding carboxylic acids is 3. The highest BCUT2D eigenvalue weighted by Crippen LogP contribution is 2.47. The first kappa shape index (κ1) is 31.4. The van der Waals surface area contributed by atoms with Crippen LogP contribution in [0.1, 0.15) is 47.7 Å². The fourth-order valence-corrected chi connectivity index (χ4v) is 5.96. The molecule has 45 heavy (non-hydrogen) atoms. The van der Waals surface area contributed by atoms with Gasteiger partial charge in [0.05, 0.1) is 29.8 Å². The van der Waals surface area contributed by atoms with Crippen molar-refractivity contribution in [1.82, 2.24) is 4.90 Å². The van der Waals surface area contributed by atoms with Crippen molar-refractivity contribution in [3.8, 4) is 0 Å². The lowest BCUT2D eigenvalue weighted by Gasteiger charge is -2.28. The second kappa shape index (κ2) is 12.9. The summed E-state index contributed by atoms with van der Waals surface area (Å²) < 4.78 is 0. The van der Waals surface area contributed by atoms with Crippen molar-refractivity contribution in [2.45, 2.75) is 44.4 Å². The SMILES string of the molecule is C[C@@H](/C=C/CC(=O)N1CCC[C@H]1CO)[C@]1(O)C(=O)N(Cc2cccc(NC(=O)c3ccc(N)cc3)c2)c2ccc([N+](=O)[O-])cc21. The Kier molecular flexibility index (Phi) is 8.98. The molecule has 3 aromatic carbocycles. The summed E-state index contributed by atoms with van der Waals surface area (Å²) in [5, 5.41) is 35.9. The summed E-state index contributed by atoms with van der Waals surface area (Å²) >= 11 is 0. The molecule has 5 rings (SSSR count). The Labute approximate surface area is 259 Å². The zero-order chi connectivity index (χ0) is 32.3. The number of nitro groups is 1. The molecule has 0 spiro atoms. The third kappa shape index (κ3) is 6.28. The summed E-state index contributed by atoms with van der Waals surface area (Å²) in [7, 11) is 0. The van der Waals surface area contributed by atoms with Crippen LogP contribution in [0.15, 0.2) is 78.9 Å². The maximum atomic E-state index is 14.0. The Hall–Kier alpha value is -5.07. The van der Waals surface area contributed by atoms with Gasteiger partial charge in [0.2, 0.25) is 5.91 Å². The first-order valence-electron chi connectivity index (χ1n) is 14.7. The minimum atomic E-state index is -2.14. The van der Waals surface area contributed by atoms with Crippen LogP contribution in [0.3, 0.4) is 0 Å². The van der Waals surface area contributed by atoms with Crippen molar-refractivity contribution in [3.63, 3.8) is 0 Å². The van der Waals surface area contributed by atoms with Crippen molar-refractivity contribution in [2.24, 2.45) is 5.92 Å². The maximum absolute atomic E-state index is 14.0. The normalized spacial score (nSPS) is 20.0. The number of rotatable bonds is 10. The van der Waals surface area contributed by atoms with Crippen LogP contribution in [0, 0.1) is 16.0 Å². The number of non-ortho nitro benzene ring substituents is 1. The number of anilines is 3. The molecule has 5 N–H and O–H groups in total. The molecule has 2 heterocycles. The second-order valence-electron chi connectivity index (χ2n) is 11.4. The molecule has 0 aromatic heterocycles. The molecule has 1 fully saturated rings. The molecule has 1 saturated heterocycles. The molecule has 3 amide bonds. The number of nitro benzene ring substituents is 1. The standard InChI is InChI=1S/C33H35N5O7/c1-21(5-2-9-30(40)36-16-4-8-27(36)20-39)33(43)28-18-26(38(44)45)14-15-29(28)37(32(33)42)19-22-6-3-7-25(17-22)35-31(41)23-10-12-24(34)13-11-23/h2-3,5-7,10-15,17-18,21,27,39,43H,4,8-9,16,19-20,34H2,1H3,(H,35,41)/b5-2+/t21-,27-,33+/m0/s1. The number of nitrogens with two attached hydrogens (primary N) is 1. The van der Waals surface area contributed by atoms with E-state index < -0.39 is 22.3 Å². The Morgan fingerprint density at radius 2 is 1.93 bits per heavy atom. The van der Waals surface area contributed by atoms with E-state index in [0.29, 0.717) is 34.7 Å². The van der Waals surface area contributed by atoms with Crippen LogP contribution < -0.4 is 16.0 Å². The van der Waals surface area contributed by atoms with Gasteiger partial charge < -0.3 is 31.1 Å². The van der Waals surface area contributed by atoms with Gasteiger partial charge in [-0.15, -0.1) is 0 Å². The Bertz CT molecular complexity index is 1660. The number of fused-ring (bicyclic) bond motifs is 1. The number of hydrogen-bond donors (Lipinski definition) is 4. The first-order valence-corrected chi connectivity index (χ1v) is 14.7. The zero-order valence-electron chi connectivity index (χ0n) is 24.8. The van der Waals surface area contributed by atoms with E-state index in [-0.39, 0.29) is 48.7 Å². The Morgan fingerprint density at radius 1 is 1.18 bits per heavy atom. The van der Waals surface area contributed by atoms with Crippen molar-refractivity contribution in [1.29, 1.82) is 0 Å². The minimum Gasteiger partial charge on any atom is -0.399 e. The van der Waals surface area contributed by atoms with Gasteiger partial charge in [0.15, 0.2) is 5.60 Å². The van der Waals surface area contributed by atoms with Crippen LogP contribution in [0.2, 0.25) is 0 Å².